The van der Waals surface area contributed by atoms with Crippen molar-refractivity contribution in [3.63, 3.8) is 0 Å². The summed E-state index contributed by atoms with van der Waals surface area (Å²) in [6, 6.07) is 5.91. The Morgan fingerprint density at radius 3 is 2.88 bits per heavy atom. The third kappa shape index (κ3) is 2.72. The summed E-state index contributed by atoms with van der Waals surface area (Å²) in [5.74, 6) is 1.06. The highest BCUT2D eigenvalue weighted by molar-refractivity contribution is 6.18. The van der Waals surface area contributed by atoms with Crippen LogP contribution in [0.1, 0.15) is 17.5 Å². The van der Waals surface area contributed by atoms with E-state index in [0.29, 0.717) is 24.8 Å². The van der Waals surface area contributed by atoms with Crippen molar-refractivity contribution in [3.8, 4) is 0 Å². The van der Waals surface area contributed by atoms with E-state index < -0.39 is 0 Å². The van der Waals surface area contributed by atoms with Crippen molar-refractivity contribution in [2.45, 2.75) is 19.9 Å². The molecule has 1 aliphatic heterocycles. The molecule has 1 aromatic carbocycles. The van der Waals surface area contributed by atoms with Crippen molar-refractivity contribution >= 4 is 23.2 Å². The number of alkyl halides is 1. The van der Waals surface area contributed by atoms with Gasteiger partial charge in [-0.3, -0.25) is 4.79 Å². The third-order valence-electron chi connectivity index (χ3n) is 3.22. The van der Waals surface area contributed by atoms with Gasteiger partial charge in [0.2, 0.25) is 5.91 Å². The zero-order chi connectivity index (χ0) is 12.4. The van der Waals surface area contributed by atoms with Crippen molar-refractivity contribution in [2.75, 3.05) is 18.2 Å². The molecule has 0 bridgehead atoms. The molecular weight excluding hydrogens is 236 g/mol. The molecule has 1 amide bonds. The lowest BCUT2D eigenvalue weighted by Crippen LogP contribution is -2.24. The first-order chi connectivity index (χ1) is 8.10. The Bertz CT molecular complexity index is 433. The second-order valence-corrected chi connectivity index (χ2v) is 5.00. The normalized spacial score (nSPS) is 20.0. The van der Waals surface area contributed by atoms with Gasteiger partial charge in [0, 0.05) is 31.1 Å². The van der Waals surface area contributed by atoms with Gasteiger partial charge in [0.1, 0.15) is 0 Å². The molecule has 17 heavy (non-hydrogen) atoms. The van der Waals surface area contributed by atoms with Gasteiger partial charge in [-0.05, 0) is 30.0 Å². The molecule has 92 valence electrons. The molecule has 1 unspecified atom stereocenters. The lowest BCUT2D eigenvalue weighted by Gasteiger charge is -2.17. The van der Waals surface area contributed by atoms with Crippen LogP contribution in [0.4, 0.5) is 5.69 Å². The first kappa shape index (κ1) is 12.2. The molecule has 0 radical (unpaired) electrons. The van der Waals surface area contributed by atoms with Crippen molar-refractivity contribution in [1.82, 2.24) is 4.90 Å². The minimum absolute atomic E-state index is 0.199. The molecule has 0 aromatic heterocycles. The van der Waals surface area contributed by atoms with Crippen molar-refractivity contribution in [3.05, 3.63) is 29.3 Å². The minimum Gasteiger partial charge on any atom is -0.399 e. The Balaban J connectivity index is 2.06. The number of nitrogen functional groups attached to an aromatic ring is 1. The molecule has 4 heteroatoms. The van der Waals surface area contributed by atoms with Gasteiger partial charge in [-0.2, -0.15) is 0 Å². The number of benzene rings is 1. The predicted molar refractivity (Wildman–Crippen MR) is 69.8 cm³/mol. The number of hydrogen-bond donors (Lipinski definition) is 1. The summed E-state index contributed by atoms with van der Waals surface area (Å²) in [4.78, 5) is 13.6. The highest BCUT2D eigenvalue weighted by atomic mass is 35.5. The molecule has 1 heterocycles. The molecule has 1 fully saturated rings. The summed E-state index contributed by atoms with van der Waals surface area (Å²) in [5.41, 5.74) is 8.75. The molecule has 0 spiro atoms. The van der Waals surface area contributed by atoms with Crippen LogP contribution in [0.15, 0.2) is 18.2 Å². The third-order valence-corrected chi connectivity index (χ3v) is 3.66. The maximum absolute atomic E-state index is 11.7. The summed E-state index contributed by atoms with van der Waals surface area (Å²) in [7, 11) is 0. The number of likely N-dealkylation sites (tertiary alicyclic amines) is 1. The summed E-state index contributed by atoms with van der Waals surface area (Å²) in [6.07, 6.45) is 0.581. The second-order valence-electron chi connectivity index (χ2n) is 4.69. The number of nitrogens with two attached hydrogens (primary N) is 1. The van der Waals surface area contributed by atoms with Crippen LogP contribution in [0, 0.1) is 12.8 Å². The van der Waals surface area contributed by atoms with Crippen LogP contribution in [0.3, 0.4) is 0 Å². The second kappa shape index (κ2) is 4.96. The van der Waals surface area contributed by atoms with Crippen LogP contribution < -0.4 is 5.73 Å². The van der Waals surface area contributed by atoms with Crippen LogP contribution in [0.5, 0.6) is 0 Å². The first-order valence-electron chi connectivity index (χ1n) is 5.79. The molecule has 0 aliphatic carbocycles. The Morgan fingerprint density at radius 1 is 1.53 bits per heavy atom. The lowest BCUT2D eigenvalue weighted by molar-refractivity contribution is -0.128. The van der Waals surface area contributed by atoms with Crippen molar-refractivity contribution in [2.24, 2.45) is 5.92 Å². The topological polar surface area (TPSA) is 46.3 Å². The molecule has 0 saturated carbocycles. The highest BCUT2D eigenvalue weighted by Gasteiger charge is 2.28. The van der Waals surface area contributed by atoms with Gasteiger partial charge in [-0.1, -0.05) is 12.1 Å². The van der Waals surface area contributed by atoms with E-state index in [4.69, 9.17) is 17.3 Å². The lowest BCUT2D eigenvalue weighted by atomic mass is 10.1. The van der Waals surface area contributed by atoms with E-state index >= 15 is 0 Å². The number of aryl methyl sites for hydroxylation is 1. The fourth-order valence-corrected chi connectivity index (χ4v) is 2.37. The van der Waals surface area contributed by atoms with E-state index in [1.165, 1.54) is 0 Å². The van der Waals surface area contributed by atoms with Gasteiger partial charge >= 0.3 is 0 Å². The number of amides is 1. The predicted octanol–water partition coefficient (Wildman–Crippen LogP) is 2.16. The quantitative estimate of drug-likeness (QED) is 0.662. The number of carbonyl (C=O) groups excluding carboxylic acids is 1. The number of halogens is 1. The Morgan fingerprint density at radius 2 is 2.29 bits per heavy atom. The van der Waals surface area contributed by atoms with Gasteiger partial charge in [0.05, 0.1) is 0 Å². The van der Waals surface area contributed by atoms with Crippen LogP contribution >= 0.6 is 11.6 Å². The number of hydrogen-bond acceptors (Lipinski definition) is 2. The maximum atomic E-state index is 11.7. The molecular formula is C13H17ClN2O. The van der Waals surface area contributed by atoms with Crippen LogP contribution in [0.2, 0.25) is 0 Å². The molecule has 1 atom stereocenters. The summed E-state index contributed by atoms with van der Waals surface area (Å²) < 4.78 is 0. The van der Waals surface area contributed by atoms with E-state index in [2.05, 4.69) is 0 Å². The van der Waals surface area contributed by atoms with Crippen molar-refractivity contribution in [1.29, 1.82) is 0 Å². The van der Waals surface area contributed by atoms with Gasteiger partial charge in [0.25, 0.3) is 0 Å². The monoisotopic (exact) mass is 252 g/mol. The molecule has 3 nitrogen and oxygen atoms in total. The minimum atomic E-state index is 0.199. The van der Waals surface area contributed by atoms with E-state index in [0.717, 1.165) is 23.4 Å². The molecule has 1 aliphatic rings. The largest absolute Gasteiger partial charge is 0.399 e. The average molecular weight is 253 g/mol. The van der Waals surface area contributed by atoms with E-state index in [9.17, 15) is 4.79 Å². The maximum Gasteiger partial charge on any atom is 0.223 e. The standard InChI is InChI=1S/C13H17ClN2O/c1-9-4-10(2-3-12(9)15)7-16-8-11(6-14)5-13(16)17/h2-4,11H,5-8,15H2,1H3. The highest BCUT2D eigenvalue weighted by Crippen LogP contribution is 2.22. The Kier molecular flexibility index (Phi) is 3.57. The fourth-order valence-electron chi connectivity index (χ4n) is 2.17. The molecule has 1 aromatic rings. The zero-order valence-electron chi connectivity index (χ0n) is 9.95. The van der Waals surface area contributed by atoms with Gasteiger partial charge in [-0.25, -0.2) is 0 Å². The number of nitrogens with zero attached hydrogens (tertiary/aromatic N) is 1. The first-order valence-corrected chi connectivity index (χ1v) is 6.32. The fraction of sp³-hybridized carbons (Fsp3) is 0.462. The van der Waals surface area contributed by atoms with E-state index in [1.807, 2.05) is 30.0 Å². The van der Waals surface area contributed by atoms with Gasteiger partial charge < -0.3 is 10.6 Å². The van der Waals surface area contributed by atoms with Gasteiger partial charge in [0.15, 0.2) is 0 Å². The molecule has 2 N–H and O–H groups in total. The van der Waals surface area contributed by atoms with E-state index in [1.54, 1.807) is 0 Å². The smallest absolute Gasteiger partial charge is 0.223 e. The van der Waals surface area contributed by atoms with Crippen molar-refractivity contribution < 1.29 is 4.79 Å². The van der Waals surface area contributed by atoms with Crippen LogP contribution in [0.25, 0.3) is 0 Å². The Labute approximate surface area is 107 Å². The summed E-state index contributed by atoms with van der Waals surface area (Å²) >= 11 is 5.79. The Hall–Kier alpha value is -1.22. The van der Waals surface area contributed by atoms with Crippen LogP contribution in [-0.2, 0) is 11.3 Å². The molecule has 2 rings (SSSR count). The van der Waals surface area contributed by atoms with Crippen LogP contribution in [-0.4, -0.2) is 23.2 Å². The van der Waals surface area contributed by atoms with E-state index in [-0.39, 0.29) is 5.91 Å². The number of anilines is 1. The molecule has 1 saturated heterocycles. The average Bonchev–Trinajstić information content (AvgIpc) is 2.65. The summed E-state index contributed by atoms with van der Waals surface area (Å²) in [6.45, 7) is 3.41. The SMILES string of the molecule is Cc1cc(CN2CC(CCl)CC2=O)ccc1N. The van der Waals surface area contributed by atoms with Gasteiger partial charge in [-0.15, -0.1) is 11.6 Å². The number of rotatable bonds is 3. The zero-order valence-corrected chi connectivity index (χ0v) is 10.7. The summed E-state index contributed by atoms with van der Waals surface area (Å²) in [5, 5.41) is 0. The number of carbonyl (C=O) groups is 1.